The summed E-state index contributed by atoms with van der Waals surface area (Å²) in [5.41, 5.74) is -3.74. The number of carbonyl (C=O) groups is 2. The van der Waals surface area contributed by atoms with E-state index in [-0.39, 0.29) is 30.7 Å². The van der Waals surface area contributed by atoms with E-state index >= 15 is 0 Å². The van der Waals surface area contributed by atoms with Gasteiger partial charge in [-0.15, -0.1) is 0 Å². The lowest BCUT2D eigenvalue weighted by Crippen LogP contribution is -2.79. The van der Waals surface area contributed by atoms with Crippen molar-refractivity contribution in [3.05, 3.63) is 35.9 Å². The van der Waals surface area contributed by atoms with Crippen LogP contribution in [0.2, 0.25) is 0 Å². The number of aliphatic hydroxyl groups is 2. The summed E-state index contributed by atoms with van der Waals surface area (Å²) in [7, 11) is 6.58. The third kappa shape index (κ3) is 3.72. The molecule has 0 radical (unpaired) electrons. The lowest BCUT2D eigenvalue weighted by atomic mass is 9.42. The van der Waals surface area contributed by atoms with Crippen LogP contribution in [0.1, 0.15) is 43.5 Å². The average molecular weight is 630 g/mol. The Labute approximate surface area is 264 Å². The Kier molecular flexibility index (Phi) is 7.48. The number of likely N-dealkylation sites (tertiary alicyclic amines) is 1. The molecule has 5 unspecified atom stereocenters. The molecule has 11 nitrogen and oxygen atoms in total. The van der Waals surface area contributed by atoms with Gasteiger partial charge in [-0.05, 0) is 31.0 Å². The van der Waals surface area contributed by atoms with E-state index in [9.17, 15) is 19.8 Å². The van der Waals surface area contributed by atoms with E-state index in [1.807, 2.05) is 6.07 Å². The normalized spacial score (nSPS) is 49.1. The molecule has 1 aliphatic heterocycles. The highest BCUT2D eigenvalue weighted by Crippen LogP contribution is 2.80. The van der Waals surface area contributed by atoms with Crippen molar-refractivity contribution in [3.8, 4) is 0 Å². The molecule has 14 atom stereocenters. The topological polar surface area (TPSA) is 133 Å². The van der Waals surface area contributed by atoms with Crippen molar-refractivity contribution >= 4 is 11.9 Å². The number of aliphatic hydroxyl groups excluding tert-OH is 1. The summed E-state index contributed by atoms with van der Waals surface area (Å²) < 4.78 is 37.9. The Bertz CT molecular complexity index is 1330. The van der Waals surface area contributed by atoms with E-state index in [4.69, 9.17) is 28.4 Å². The van der Waals surface area contributed by atoms with Crippen LogP contribution in [0.25, 0.3) is 0 Å². The first-order valence-electron chi connectivity index (χ1n) is 16.2. The van der Waals surface area contributed by atoms with Crippen LogP contribution >= 0.6 is 0 Å². The Morgan fingerprint density at radius 1 is 1.00 bits per heavy atom. The quantitative estimate of drug-likeness (QED) is 0.387. The second-order valence-electron chi connectivity index (χ2n) is 14.4. The fourth-order valence-corrected chi connectivity index (χ4v) is 12.2. The Morgan fingerprint density at radius 3 is 2.31 bits per heavy atom. The van der Waals surface area contributed by atoms with Crippen molar-refractivity contribution in [2.24, 2.45) is 34.5 Å². The van der Waals surface area contributed by atoms with E-state index in [0.29, 0.717) is 31.7 Å². The Hall–Kier alpha value is -2.12. The number of ether oxygens (including phenoxy) is 6. The minimum atomic E-state index is -1.55. The molecular formula is C34H47NO10. The number of methoxy groups -OCH3 is 4. The second-order valence-corrected chi connectivity index (χ2v) is 14.4. The number of nitrogens with zero attached hydrogens (tertiary/aromatic N) is 1. The van der Waals surface area contributed by atoms with E-state index in [1.165, 1.54) is 6.92 Å². The third-order valence-electron chi connectivity index (χ3n) is 13.1. The van der Waals surface area contributed by atoms with Gasteiger partial charge in [0.1, 0.15) is 17.3 Å². The largest absolute Gasteiger partial charge is 0.458 e. The van der Waals surface area contributed by atoms with Gasteiger partial charge in [0.2, 0.25) is 0 Å². The number of rotatable bonds is 9. The van der Waals surface area contributed by atoms with Gasteiger partial charge in [-0.25, -0.2) is 4.79 Å². The first kappa shape index (κ1) is 31.5. The molecule has 5 saturated carbocycles. The summed E-state index contributed by atoms with van der Waals surface area (Å²) >= 11 is 0. The molecule has 7 rings (SSSR count). The number of fused-ring (bicyclic) bond motifs is 2. The summed E-state index contributed by atoms with van der Waals surface area (Å²) in [6.45, 7) is 5.08. The molecule has 1 aromatic carbocycles. The highest BCUT2D eigenvalue weighted by molar-refractivity contribution is 5.89. The molecule has 0 aromatic heterocycles. The summed E-state index contributed by atoms with van der Waals surface area (Å²) in [5, 5.41) is 24.8. The number of hydrogen-bond donors (Lipinski definition) is 2. The lowest BCUT2D eigenvalue weighted by molar-refractivity contribution is -0.300. The van der Waals surface area contributed by atoms with Crippen LogP contribution in [0, 0.1) is 34.5 Å². The fraction of sp³-hybridized carbons (Fsp3) is 0.765. The van der Waals surface area contributed by atoms with E-state index < -0.39 is 76.3 Å². The monoisotopic (exact) mass is 629 g/mol. The Morgan fingerprint density at radius 2 is 1.71 bits per heavy atom. The van der Waals surface area contributed by atoms with Gasteiger partial charge in [0.05, 0.1) is 36.6 Å². The van der Waals surface area contributed by atoms with Gasteiger partial charge in [-0.1, -0.05) is 25.1 Å². The van der Waals surface area contributed by atoms with E-state index in [2.05, 4.69) is 11.8 Å². The summed E-state index contributed by atoms with van der Waals surface area (Å²) in [5.74, 6) is -2.55. The van der Waals surface area contributed by atoms with Gasteiger partial charge in [0.15, 0.2) is 0 Å². The number of piperidine rings is 1. The second kappa shape index (κ2) is 10.7. The molecule has 6 fully saturated rings. The van der Waals surface area contributed by atoms with Gasteiger partial charge in [0.25, 0.3) is 0 Å². The maximum absolute atomic E-state index is 13.7. The first-order chi connectivity index (χ1) is 21.5. The van der Waals surface area contributed by atoms with E-state index in [0.717, 1.165) is 0 Å². The van der Waals surface area contributed by atoms with Gasteiger partial charge in [-0.3, -0.25) is 9.69 Å². The summed E-state index contributed by atoms with van der Waals surface area (Å²) in [6.07, 6.45) is -2.55. The van der Waals surface area contributed by atoms with Crippen LogP contribution in [0.15, 0.2) is 30.3 Å². The molecule has 1 spiro atoms. The SMILES string of the molecule is CCN1C[C@]2(COC)[C@H](O)CC(OC)C34C1C(C(OC)[C@@H]32)[C@@]1(OC(C)=O)C[C@H](OC)[C@@]2(O)C[C@@H]4[C@@H]1[C@H]2OC(=O)c1ccccc1. The third-order valence-corrected chi connectivity index (χ3v) is 13.1. The summed E-state index contributed by atoms with van der Waals surface area (Å²) in [4.78, 5) is 29.3. The van der Waals surface area contributed by atoms with Gasteiger partial charge in [-0.2, -0.15) is 0 Å². The zero-order valence-electron chi connectivity index (χ0n) is 27.0. The minimum Gasteiger partial charge on any atom is -0.458 e. The highest BCUT2D eigenvalue weighted by Gasteiger charge is 2.90. The van der Waals surface area contributed by atoms with Crippen LogP contribution in [0.5, 0.6) is 0 Å². The number of hydrogen-bond acceptors (Lipinski definition) is 11. The molecule has 1 heterocycles. The molecular weight excluding hydrogens is 582 g/mol. The van der Waals surface area contributed by atoms with Crippen LogP contribution < -0.4 is 0 Å². The first-order valence-corrected chi connectivity index (χ1v) is 16.2. The predicted octanol–water partition coefficient (Wildman–Crippen LogP) is 1.68. The standard InChI is InChI=1S/C34H47NO10/c1-7-35-16-31(17-40-3)21(37)13-22(41-4)34-20-14-32(39)23(42-5)15-33(45-18(2)36,25(28(34)35)26(43-6)27(31)34)24(20)29(32)44-30(38)19-11-9-8-10-12-19/h8-12,20-29,37,39H,7,13-17H2,1-6H3/t20-,21-,22?,23+,24-,25?,26?,27-,28?,29-,31+,32+,33-,34?/m1/s1. The lowest BCUT2D eigenvalue weighted by Gasteiger charge is -2.70. The van der Waals surface area contributed by atoms with E-state index in [1.54, 1.807) is 52.7 Å². The van der Waals surface area contributed by atoms with Crippen LogP contribution in [-0.2, 0) is 33.2 Å². The van der Waals surface area contributed by atoms with Crippen molar-refractivity contribution in [2.75, 3.05) is 48.1 Å². The van der Waals surface area contributed by atoms with Gasteiger partial charge >= 0.3 is 11.9 Å². The fourth-order valence-electron chi connectivity index (χ4n) is 12.2. The molecule has 2 N–H and O–H groups in total. The minimum absolute atomic E-state index is 0.163. The average Bonchev–Trinajstić information content (AvgIpc) is 3.40. The molecule has 11 heteroatoms. The maximum atomic E-state index is 13.7. The number of benzene rings is 1. The van der Waals surface area contributed by atoms with Crippen molar-refractivity contribution < 1.29 is 48.2 Å². The number of esters is 2. The smallest absolute Gasteiger partial charge is 0.338 e. The molecule has 5 aliphatic carbocycles. The van der Waals surface area contributed by atoms with Crippen molar-refractivity contribution in [2.45, 2.75) is 80.9 Å². The molecule has 7 bridgehead atoms. The van der Waals surface area contributed by atoms with Gasteiger partial charge in [0, 0.05) is 89.4 Å². The van der Waals surface area contributed by atoms with Crippen molar-refractivity contribution in [1.29, 1.82) is 0 Å². The van der Waals surface area contributed by atoms with Crippen molar-refractivity contribution in [1.82, 2.24) is 4.90 Å². The molecule has 248 valence electrons. The molecule has 0 amide bonds. The molecule has 6 aliphatic rings. The van der Waals surface area contributed by atoms with Crippen molar-refractivity contribution in [3.63, 3.8) is 0 Å². The zero-order chi connectivity index (χ0) is 32.1. The number of carbonyl (C=O) groups excluding carboxylic acids is 2. The van der Waals surface area contributed by atoms with Gasteiger partial charge < -0.3 is 38.6 Å². The Balaban J connectivity index is 1.50. The van der Waals surface area contributed by atoms with Crippen LogP contribution in [0.3, 0.4) is 0 Å². The molecule has 1 saturated heterocycles. The maximum Gasteiger partial charge on any atom is 0.338 e. The molecule has 45 heavy (non-hydrogen) atoms. The summed E-state index contributed by atoms with van der Waals surface area (Å²) in [6, 6.07) is 8.56. The predicted molar refractivity (Wildman–Crippen MR) is 159 cm³/mol. The molecule has 1 aromatic rings. The zero-order valence-corrected chi connectivity index (χ0v) is 27.0. The van der Waals surface area contributed by atoms with Crippen LogP contribution in [-0.4, -0.2) is 123 Å². The van der Waals surface area contributed by atoms with Crippen LogP contribution in [0.4, 0.5) is 0 Å². The highest BCUT2D eigenvalue weighted by atomic mass is 16.6.